The van der Waals surface area contributed by atoms with Gasteiger partial charge in [0.2, 0.25) is 0 Å². The summed E-state index contributed by atoms with van der Waals surface area (Å²) >= 11 is 0. The van der Waals surface area contributed by atoms with E-state index in [1.165, 1.54) is 0 Å². The van der Waals surface area contributed by atoms with E-state index in [0.29, 0.717) is 13.0 Å². The third-order valence-electron chi connectivity index (χ3n) is 3.21. The lowest BCUT2D eigenvalue weighted by Gasteiger charge is -2.29. The summed E-state index contributed by atoms with van der Waals surface area (Å²) < 4.78 is 16.7. The molecule has 0 fully saturated rings. The molecule has 112 valence electrons. The molecule has 8 heteroatoms. The molecule has 0 spiro atoms. The lowest BCUT2D eigenvalue weighted by Crippen LogP contribution is -2.20. The molecule has 2 unspecified atom stereocenters. The van der Waals surface area contributed by atoms with Gasteiger partial charge in [-0.1, -0.05) is 27.7 Å². The van der Waals surface area contributed by atoms with E-state index in [-0.39, 0.29) is 12.3 Å². The van der Waals surface area contributed by atoms with Crippen molar-refractivity contribution >= 4 is 29.2 Å². The van der Waals surface area contributed by atoms with Gasteiger partial charge >= 0.3 is 7.60 Å². The van der Waals surface area contributed by atoms with Crippen molar-refractivity contribution < 1.29 is 24.2 Å². The second-order valence-electron chi connectivity index (χ2n) is 4.56. The van der Waals surface area contributed by atoms with E-state index >= 15 is 0 Å². The lowest BCUT2D eigenvalue weighted by molar-refractivity contribution is 0.171. The minimum Gasteiger partial charge on any atom is -0.493 e. The van der Waals surface area contributed by atoms with E-state index < -0.39 is 13.4 Å². The lowest BCUT2D eigenvalue weighted by atomic mass is 9.90. The van der Waals surface area contributed by atoms with E-state index in [1.54, 1.807) is 21.6 Å². The fourth-order valence-electron chi connectivity index (χ4n) is 2.30. The summed E-state index contributed by atoms with van der Waals surface area (Å²) in [4.78, 5) is 19.1. The Labute approximate surface area is 125 Å². The standard InChI is InChI=1S/C12H17O5PS2/c1-19-20-10-4-2-3-9-12(10)8(5-6-17-9)7-11(13)18(14,15)16/h2-4,8,11,13H,5-7H2,1H3,(H2,14,15,16). The summed E-state index contributed by atoms with van der Waals surface area (Å²) in [5.74, 6) is -0.971. The highest BCUT2D eigenvalue weighted by atomic mass is 33.1. The first kappa shape index (κ1) is 16.2. The summed E-state index contributed by atoms with van der Waals surface area (Å²) in [7, 11) is -1.27. The van der Waals surface area contributed by atoms with Crippen LogP contribution in [-0.4, -0.2) is 33.6 Å². The maximum atomic E-state index is 11.1. The van der Waals surface area contributed by atoms with Crippen LogP contribution in [0.1, 0.15) is 24.3 Å². The summed E-state index contributed by atoms with van der Waals surface area (Å²) in [6.07, 6.45) is 2.66. The number of aliphatic hydroxyl groups excluding tert-OH is 1. The molecule has 0 saturated carbocycles. The molecule has 2 rings (SSSR count). The van der Waals surface area contributed by atoms with E-state index in [9.17, 15) is 9.67 Å². The summed E-state index contributed by atoms with van der Waals surface area (Å²) in [5, 5.41) is 9.67. The summed E-state index contributed by atoms with van der Waals surface area (Å²) in [6.45, 7) is 0.499. The van der Waals surface area contributed by atoms with Crippen molar-refractivity contribution in [3.8, 4) is 5.75 Å². The third kappa shape index (κ3) is 3.72. The topological polar surface area (TPSA) is 87.0 Å². The number of hydrogen-bond donors (Lipinski definition) is 3. The van der Waals surface area contributed by atoms with Gasteiger partial charge in [-0.15, -0.1) is 0 Å². The molecule has 0 amide bonds. The molecule has 20 heavy (non-hydrogen) atoms. The maximum absolute atomic E-state index is 11.1. The van der Waals surface area contributed by atoms with E-state index in [0.717, 1.165) is 16.2 Å². The zero-order valence-electron chi connectivity index (χ0n) is 10.9. The van der Waals surface area contributed by atoms with Gasteiger partial charge in [-0.05, 0) is 37.1 Å². The fourth-order valence-corrected chi connectivity index (χ4v) is 4.47. The Morgan fingerprint density at radius 3 is 2.90 bits per heavy atom. The minimum absolute atomic E-state index is 0.0482. The average Bonchev–Trinajstić information content (AvgIpc) is 2.38. The van der Waals surface area contributed by atoms with Gasteiger partial charge in [0, 0.05) is 10.5 Å². The van der Waals surface area contributed by atoms with E-state index in [4.69, 9.17) is 14.5 Å². The molecule has 0 saturated heterocycles. The molecule has 1 heterocycles. The SMILES string of the molecule is CSSc1cccc2c1C(CC(O)P(=O)(O)O)CCO2. The van der Waals surface area contributed by atoms with Gasteiger partial charge in [0.05, 0.1) is 6.61 Å². The van der Waals surface area contributed by atoms with Crippen LogP contribution in [0.2, 0.25) is 0 Å². The Morgan fingerprint density at radius 2 is 2.25 bits per heavy atom. The van der Waals surface area contributed by atoms with Gasteiger partial charge < -0.3 is 19.6 Å². The van der Waals surface area contributed by atoms with Crippen LogP contribution < -0.4 is 4.74 Å². The Kier molecular flexibility index (Phi) is 5.45. The van der Waals surface area contributed by atoms with Gasteiger partial charge in [-0.25, -0.2) is 0 Å². The normalized spacial score (nSPS) is 20.1. The van der Waals surface area contributed by atoms with Crippen molar-refractivity contribution in [3.05, 3.63) is 23.8 Å². The van der Waals surface area contributed by atoms with Crippen molar-refractivity contribution in [2.75, 3.05) is 12.9 Å². The molecule has 1 aliphatic heterocycles. The molecule has 0 aromatic heterocycles. The Hall–Kier alpha value is -0.170. The van der Waals surface area contributed by atoms with E-state index in [2.05, 4.69) is 0 Å². The zero-order valence-corrected chi connectivity index (χ0v) is 13.5. The zero-order chi connectivity index (χ0) is 14.8. The second kappa shape index (κ2) is 6.73. The molecular formula is C12H17O5PS2. The van der Waals surface area contributed by atoms with Crippen LogP contribution in [0.5, 0.6) is 5.75 Å². The smallest absolute Gasteiger partial charge is 0.353 e. The molecule has 1 aromatic rings. The highest BCUT2D eigenvalue weighted by Crippen LogP contribution is 2.49. The molecule has 0 radical (unpaired) electrons. The number of benzene rings is 1. The van der Waals surface area contributed by atoms with Gasteiger partial charge in [-0.2, -0.15) is 0 Å². The molecule has 0 aliphatic carbocycles. The number of aliphatic hydroxyl groups is 1. The van der Waals surface area contributed by atoms with Crippen LogP contribution in [0.3, 0.4) is 0 Å². The monoisotopic (exact) mass is 336 g/mol. The van der Waals surface area contributed by atoms with Crippen LogP contribution in [0.4, 0.5) is 0 Å². The molecular weight excluding hydrogens is 319 g/mol. The predicted molar refractivity (Wildman–Crippen MR) is 81.3 cm³/mol. The minimum atomic E-state index is -4.46. The third-order valence-corrected chi connectivity index (χ3v) is 5.94. The Balaban J connectivity index is 2.29. The predicted octanol–water partition coefficient (Wildman–Crippen LogP) is 2.81. The second-order valence-corrected chi connectivity index (χ2v) is 8.77. The molecule has 5 nitrogen and oxygen atoms in total. The molecule has 2 atom stereocenters. The van der Waals surface area contributed by atoms with Crippen LogP contribution in [0.25, 0.3) is 0 Å². The van der Waals surface area contributed by atoms with Crippen molar-refractivity contribution in [1.29, 1.82) is 0 Å². The number of hydrogen-bond acceptors (Lipinski definition) is 5. The first-order chi connectivity index (χ1) is 9.43. The van der Waals surface area contributed by atoms with Crippen LogP contribution in [-0.2, 0) is 4.57 Å². The van der Waals surface area contributed by atoms with Gasteiger partial charge in [0.25, 0.3) is 0 Å². The van der Waals surface area contributed by atoms with Gasteiger partial charge in [0.1, 0.15) is 5.75 Å². The highest BCUT2D eigenvalue weighted by Gasteiger charge is 2.33. The van der Waals surface area contributed by atoms with Crippen molar-refractivity contribution in [3.63, 3.8) is 0 Å². The van der Waals surface area contributed by atoms with Crippen molar-refractivity contribution in [2.45, 2.75) is 29.5 Å². The van der Waals surface area contributed by atoms with Gasteiger partial charge in [-0.3, -0.25) is 4.57 Å². The first-order valence-corrected chi connectivity index (χ1v) is 10.4. The largest absolute Gasteiger partial charge is 0.493 e. The number of rotatable bonds is 5. The number of ether oxygens (including phenoxy) is 1. The number of fused-ring (bicyclic) bond motifs is 1. The Morgan fingerprint density at radius 1 is 1.50 bits per heavy atom. The highest BCUT2D eigenvalue weighted by molar-refractivity contribution is 8.76. The molecule has 0 bridgehead atoms. The van der Waals surface area contributed by atoms with Crippen molar-refractivity contribution in [1.82, 2.24) is 0 Å². The molecule has 3 N–H and O–H groups in total. The molecule has 1 aromatic carbocycles. The van der Waals surface area contributed by atoms with Gasteiger partial charge in [0.15, 0.2) is 5.85 Å². The maximum Gasteiger partial charge on any atom is 0.353 e. The van der Waals surface area contributed by atoms with Crippen molar-refractivity contribution in [2.24, 2.45) is 0 Å². The quantitative estimate of drug-likeness (QED) is 0.563. The molecule has 1 aliphatic rings. The summed E-state index contributed by atoms with van der Waals surface area (Å²) in [6, 6.07) is 5.72. The fraction of sp³-hybridized carbons (Fsp3) is 0.500. The van der Waals surface area contributed by atoms with Crippen LogP contribution in [0, 0.1) is 0 Å². The average molecular weight is 336 g/mol. The van der Waals surface area contributed by atoms with E-state index in [1.807, 2.05) is 24.5 Å². The first-order valence-electron chi connectivity index (χ1n) is 6.13. The Bertz CT molecular complexity index is 519. The van der Waals surface area contributed by atoms with Crippen LogP contribution >= 0.6 is 29.2 Å². The summed E-state index contributed by atoms with van der Waals surface area (Å²) in [5.41, 5.74) is 0.950. The van der Waals surface area contributed by atoms with Crippen LogP contribution in [0.15, 0.2) is 23.1 Å².